The Balaban J connectivity index is 1.82. The number of ether oxygens (including phenoxy) is 2. The van der Waals surface area contributed by atoms with E-state index in [4.69, 9.17) is 9.47 Å². The second-order valence-electron chi connectivity index (χ2n) is 5.39. The van der Waals surface area contributed by atoms with Crippen molar-refractivity contribution >= 4 is 11.9 Å². The Hall–Kier alpha value is -1.10. The van der Waals surface area contributed by atoms with Crippen molar-refractivity contribution in [2.45, 2.75) is 44.6 Å². The summed E-state index contributed by atoms with van der Waals surface area (Å²) in [4.78, 5) is 25.6. The summed E-state index contributed by atoms with van der Waals surface area (Å²) in [5, 5.41) is 0. The van der Waals surface area contributed by atoms with Crippen molar-refractivity contribution in [1.29, 1.82) is 0 Å². The number of nitrogens with zero attached hydrogens (tertiary/aromatic N) is 1. The van der Waals surface area contributed by atoms with Gasteiger partial charge in [0.15, 0.2) is 0 Å². The average Bonchev–Trinajstić information content (AvgIpc) is 2.47. The van der Waals surface area contributed by atoms with Crippen molar-refractivity contribution < 1.29 is 19.1 Å². The van der Waals surface area contributed by atoms with Crippen LogP contribution >= 0.6 is 0 Å². The van der Waals surface area contributed by atoms with Crippen LogP contribution in [0.1, 0.15) is 38.5 Å². The third-order valence-electron chi connectivity index (χ3n) is 3.98. The maximum atomic E-state index is 12.2. The summed E-state index contributed by atoms with van der Waals surface area (Å²) in [5.74, 6) is -0.248. The van der Waals surface area contributed by atoms with Gasteiger partial charge in [0.25, 0.3) is 0 Å². The van der Waals surface area contributed by atoms with Gasteiger partial charge in [-0.2, -0.15) is 0 Å². The predicted octanol–water partition coefficient (Wildman–Crippen LogP) is 1.36. The summed E-state index contributed by atoms with van der Waals surface area (Å²) in [6, 6.07) is 0. The molecule has 2 aliphatic heterocycles. The van der Waals surface area contributed by atoms with Crippen LogP contribution in [0.2, 0.25) is 0 Å². The second-order valence-corrected chi connectivity index (χ2v) is 5.39. The summed E-state index contributed by atoms with van der Waals surface area (Å²) < 4.78 is 10.4. The average molecular weight is 269 g/mol. The van der Waals surface area contributed by atoms with Crippen LogP contribution in [0, 0.1) is 5.92 Å². The van der Waals surface area contributed by atoms with Gasteiger partial charge in [-0.25, -0.2) is 0 Å². The molecule has 0 aromatic carbocycles. The number of amides is 1. The van der Waals surface area contributed by atoms with Crippen molar-refractivity contribution in [3.05, 3.63) is 0 Å². The number of rotatable bonds is 3. The summed E-state index contributed by atoms with van der Waals surface area (Å²) >= 11 is 0. The molecule has 2 atom stereocenters. The van der Waals surface area contributed by atoms with Gasteiger partial charge in [0.05, 0.1) is 25.6 Å². The van der Waals surface area contributed by atoms with Crippen LogP contribution in [0.4, 0.5) is 0 Å². The van der Waals surface area contributed by atoms with Crippen LogP contribution in [0.3, 0.4) is 0 Å². The van der Waals surface area contributed by atoms with E-state index in [1.54, 1.807) is 4.90 Å². The van der Waals surface area contributed by atoms with Gasteiger partial charge in [0.1, 0.15) is 0 Å². The topological polar surface area (TPSA) is 55.8 Å². The Kier molecular flexibility index (Phi) is 5.19. The van der Waals surface area contributed by atoms with Gasteiger partial charge in [0, 0.05) is 19.7 Å². The Morgan fingerprint density at radius 2 is 2.11 bits per heavy atom. The largest absolute Gasteiger partial charge is 0.469 e. The quantitative estimate of drug-likeness (QED) is 0.726. The standard InChI is InChI=1S/C14H23NO4/c1-18-14(17)11-5-4-7-15(10-11)13(16)9-12-6-2-3-8-19-12/h11-12H,2-10H2,1H3/t11-,12?/m0/s1. The molecule has 2 rings (SSSR count). The minimum atomic E-state index is -0.202. The number of hydrogen-bond donors (Lipinski definition) is 0. The van der Waals surface area contributed by atoms with Crippen LogP contribution < -0.4 is 0 Å². The van der Waals surface area contributed by atoms with E-state index in [9.17, 15) is 9.59 Å². The van der Waals surface area contributed by atoms with Gasteiger partial charge in [-0.05, 0) is 32.1 Å². The number of carbonyl (C=O) groups is 2. The Morgan fingerprint density at radius 3 is 2.79 bits per heavy atom. The van der Waals surface area contributed by atoms with E-state index < -0.39 is 0 Å². The van der Waals surface area contributed by atoms with Gasteiger partial charge in [-0.1, -0.05) is 0 Å². The number of piperidine rings is 1. The molecule has 0 saturated carbocycles. The van der Waals surface area contributed by atoms with E-state index in [0.717, 1.165) is 45.3 Å². The molecular formula is C14H23NO4. The molecule has 2 aliphatic rings. The third kappa shape index (κ3) is 3.93. The Bertz CT molecular complexity index is 325. The van der Waals surface area contributed by atoms with E-state index >= 15 is 0 Å². The zero-order chi connectivity index (χ0) is 13.7. The van der Waals surface area contributed by atoms with Crippen molar-refractivity contribution in [1.82, 2.24) is 4.90 Å². The molecule has 1 amide bonds. The predicted molar refractivity (Wildman–Crippen MR) is 69.5 cm³/mol. The Labute approximate surface area is 114 Å². The molecule has 0 aliphatic carbocycles. The second kappa shape index (κ2) is 6.89. The number of methoxy groups -OCH3 is 1. The van der Waals surface area contributed by atoms with E-state index in [1.165, 1.54) is 7.11 Å². The Morgan fingerprint density at radius 1 is 1.26 bits per heavy atom. The van der Waals surface area contributed by atoms with Crippen molar-refractivity contribution in [3.63, 3.8) is 0 Å². The zero-order valence-corrected chi connectivity index (χ0v) is 11.6. The normalized spacial score (nSPS) is 27.9. The highest BCUT2D eigenvalue weighted by molar-refractivity contribution is 5.78. The lowest BCUT2D eigenvalue weighted by atomic mass is 9.97. The summed E-state index contributed by atoms with van der Waals surface area (Å²) in [7, 11) is 1.40. The molecule has 0 radical (unpaired) electrons. The number of carbonyl (C=O) groups excluding carboxylic acids is 2. The number of likely N-dealkylation sites (tertiary alicyclic amines) is 1. The highest BCUT2D eigenvalue weighted by atomic mass is 16.5. The molecule has 1 unspecified atom stereocenters. The molecule has 2 fully saturated rings. The molecule has 5 nitrogen and oxygen atoms in total. The first-order chi connectivity index (χ1) is 9.20. The van der Waals surface area contributed by atoms with Gasteiger partial charge in [-0.3, -0.25) is 9.59 Å². The molecule has 19 heavy (non-hydrogen) atoms. The van der Waals surface area contributed by atoms with Crippen molar-refractivity contribution in [2.75, 3.05) is 26.8 Å². The zero-order valence-electron chi connectivity index (χ0n) is 11.6. The van der Waals surface area contributed by atoms with E-state index in [2.05, 4.69) is 0 Å². The van der Waals surface area contributed by atoms with Crippen LogP contribution in [-0.2, 0) is 19.1 Å². The van der Waals surface area contributed by atoms with E-state index in [0.29, 0.717) is 13.0 Å². The molecule has 0 spiro atoms. The smallest absolute Gasteiger partial charge is 0.310 e. The summed E-state index contributed by atoms with van der Waals surface area (Å²) in [5.41, 5.74) is 0. The van der Waals surface area contributed by atoms with Gasteiger partial charge >= 0.3 is 5.97 Å². The molecule has 2 saturated heterocycles. The summed E-state index contributed by atoms with van der Waals surface area (Å²) in [6.07, 6.45) is 5.42. The lowest BCUT2D eigenvalue weighted by Crippen LogP contribution is -2.44. The molecule has 0 N–H and O–H groups in total. The minimum Gasteiger partial charge on any atom is -0.469 e. The molecule has 0 bridgehead atoms. The van der Waals surface area contributed by atoms with Crippen molar-refractivity contribution in [3.8, 4) is 0 Å². The first-order valence-electron chi connectivity index (χ1n) is 7.18. The van der Waals surface area contributed by atoms with E-state index in [-0.39, 0.29) is 23.9 Å². The lowest BCUT2D eigenvalue weighted by Gasteiger charge is -2.33. The fraction of sp³-hybridized carbons (Fsp3) is 0.857. The van der Waals surface area contributed by atoms with Gasteiger partial charge < -0.3 is 14.4 Å². The maximum Gasteiger partial charge on any atom is 0.310 e. The van der Waals surface area contributed by atoms with Crippen LogP contribution in [-0.4, -0.2) is 49.7 Å². The van der Waals surface area contributed by atoms with Crippen molar-refractivity contribution in [2.24, 2.45) is 5.92 Å². The SMILES string of the molecule is COC(=O)[C@H]1CCCN(C(=O)CC2CCCCO2)C1. The molecule has 5 heteroatoms. The molecular weight excluding hydrogens is 246 g/mol. The fourth-order valence-electron chi connectivity index (χ4n) is 2.85. The fourth-order valence-corrected chi connectivity index (χ4v) is 2.85. The number of hydrogen-bond acceptors (Lipinski definition) is 4. The van der Waals surface area contributed by atoms with Crippen LogP contribution in [0.5, 0.6) is 0 Å². The van der Waals surface area contributed by atoms with Gasteiger partial charge in [0.2, 0.25) is 5.91 Å². The maximum absolute atomic E-state index is 12.2. The highest BCUT2D eigenvalue weighted by Crippen LogP contribution is 2.21. The minimum absolute atomic E-state index is 0.0692. The molecule has 108 valence electrons. The highest BCUT2D eigenvalue weighted by Gasteiger charge is 2.30. The van der Waals surface area contributed by atoms with Crippen LogP contribution in [0.15, 0.2) is 0 Å². The summed E-state index contributed by atoms with van der Waals surface area (Å²) in [6.45, 7) is 2.01. The number of esters is 1. The first-order valence-corrected chi connectivity index (χ1v) is 7.18. The third-order valence-corrected chi connectivity index (χ3v) is 3.98. The molecule has 0 aromatic heterocycles. The van der Waals surface area contributed by atoms with E-state index in [1.807, 2.05) is 0 Å². The molecule has 2 heterocycles. The monoisotopic (exact) mass is 269 g/mol. The van der Waals surface area contributed by atoms with Crippen LogP contribution in [0.25, 0.3) is 0 Å². The molecule has 0 aromatic rings. The van der Waals surface area contributed by atoms with Gasteiger partial charge in [-0.15, -0.1) is 0 Å². The lowest BCUT2D eigenvalue weighted by molar-refractivity contribution is -0.149. The first kappa shape index (κ1) is 14.3.